The van der Waals surface area contributed by atoms with Crippen LogP contribution in [0.1, 0.15) is 56.6 Å². The summed E-state index contributed by atoms with van der Waals surface area (Å²) in [6.07, 6.45) is 5.12. The molecule has 0 aliphatic heterocycles. The van der Waals surface area contributed by atoms with Crippen molar-refractivity contribution in [2.75, 3.05) is 13.1 Å². The molecule has 0 radical (unpaired) electrons. The first kappa shape index (κ1) is 26.7. The van der Waals surface area contributed by atoms with E-state index < -0.39 is 17.9 Å². The van der Waals surface area contributed by atoms with E-state index in [-0.39, 0.29) is 43.9 Å². The average molecular weight is 495 g/mol. The molecule has 1 atom stereocenters. The molecule has 1 aliphatic carbocycles. The molecule has 0 aromatic heterocycles. The van der Waals surface area contributed by atoms with Gasteiger partial charge in [-0.15, -0.1) is 0 Å². The van der Waals surface area contributed by atoms with Gasteiger partial charge in [-0.1, -0.05) is 73.9 Å². The Morgan fingerprint density at radius 3 is 2.17 bits per heavy atom. The van der Waals surface area contributed by atoms with Gasteiger partial charge in [-0.2, -0.15) is 0 Å². The minimum Gasteiger partial charge on any atom is -0.481 e. The number of carboxylic acid groups (broad SMARTS) is 1. The lowest BCUT2D eigenvalue weighted by Crippen LogP contribution is -2.44. The molecule has 4 amide bonds. The Balaban J connectivity index is 1.42. The maximum atomic E-state index is 12.4. The topological polar surface area (TPSA) is 137 Å². The summed E-state index contributed by atoms with van der Waals surface area (Å²) in [5.74, 6) is -1.93. The van der Waals surface area contributed by atoms with Gasteiger partial charge in [0.05, 0.1) is 19.0 Å². The summed E-state index contributed by atoms with van der Waals surface area (Å²) in [6, 6.07) is 16.3. The molecule has 0 spiro atoms. The summed E-state index contributed by atoms with van der Waals surface area (Å²) < 4.78 is 0. The number of amides is 4. The molecule has 1 unspecified atom stereocenters. The average Bonchev–Trinajstić information content (AvgIpc) is 2.88. The number of hydrogen-bond donors (Lipinski definition) is 5. The van der Waals surface area contributed by atoms with Gasteiger partial charge in [-0.05, 0) is 29.5 Å². The maximum absolute atomic E-state index is 12.4. The van der Waals surface area contributed by atoms with E-state index in [1.54, 1.807) is 12.1 Å². The first-order valence-corrected chi connectivity index (χ1v) is 12.4. The molecule has 2 aromatic carbocycles. The third-order valence-corrected chi connectivity index (χ3v) is 6.16. The van der Waals surface area contributed by atoms with Crippen LogP contribution in [0.4, 0.5) is 4.79 Å². The smallest absolute Gasteiger partial charge is 0.315 e. The van der Waals surface area contributed by atoms with Crippen molar-refractivity contribution in [3.63, 3.8) is 0 Å². The molecule has 0 heterocycles. The van der Waals surface area contributed by atoms with Crippen LogP contribution < -0.4 is 21.3 Å². The molecule has 5 N–H and O–H groups in total. The van der Waals surface area contributed by atoms with Crippen LogP contribution >= 0.6 is 0 Å². The van der Waals surface area contributed by atoms with Gasteiger partial charge in [0.2, 0.25) is 11.8 Å². The van der Waals surface area contributed by atoms with Gasteiger partial charge < -0.3 is 26.4 Å². The molecule has 1 fully saturated rings. The van der Waals surface area contributed by atoms with Crippen LogP contribution in [0.5, 0.6) is 0 Å². The van der Waals surface area contributed by atoms with Crippen LogP contribution in [0.3, 0.4) is 0 Å². The van der Waals surface area contributed by atoms with Crippen LogP contribution in [0, 0.1) is 0 Å². The van der Waals surface area contributed by atoms with Crippen molar-refractivity contribution < 1.29 is 24.3 Å². The third-order valence-electron chi connectivity index (χ3n) is 6.16. The summed E-state index contributed by atoms with van der Waals surface area (Å²) in [4.78, 5) is 47.8. The second-order valence-corrected chi connectivity index (χ2v) is 8.97. The highest BCUT2D eigenvalue weighted by atomic mass is 16.4. The molecule has 3 rings (SSSR count). The Morgan fingerprint density at radius 1 is 0.833 bits per heavy atom. The number of rotatable bonds is 11. The molecule has 1 saturated carbocycles. The number of aliphatic carboxylic acids is 1. The Hall–Kier alpha value is -3.88. The second-order valence-electron chi connectivity index (χ2n) is 8.97. The number of benzene rings is 2. The molecule has 0 bridgehead atoms. The van der Waals surface area contributed by atoms with Crippen molar-refractivity contribution in [1.82, 2.24) is 21.3 Å². The van der Waals surface area contributed by atoms with Crippen LogP contribution in [0.15, 0.2) is 54.6 Å². The Morgan fingerprint density at radius 2 is 1.50 bits per heavy atom. The van der Waals surface area contributed by atoms with Crippen molar-refractivity contribution >= 4 is 23.8 Å². The molecule has 0 saturated heterocycles. The van der Waals surface area contributed by atoms with Crippen molar-refractivity contribution in [1.29, 1.82) is 0 Å². The molecule has 2 aromatic rings. The summed E-state index contributed by atoms with van der Waals surface area (Å²) in [6.45, 7) is -0.132. The van der Waals surface area contributed by atoms with Crippen LogP contribution in [0.2, 0.25) is 0 Å². The molecule has 9 nitrogen and oxygen atoms in total. The van der Waals surface area contributed by atoms with Gasteiger partial charge >= 0.3 is 12.0 Å². The van der Waals surface area contributed by atoms with Gasteiger partial charge in [0, 0.05) is 19.0 Å². The highest BCUT2D eigenvalue weighted by molar-refractivity contribution is 5.85. The quantitative estimate of drug-likeness (QED) is 0.327. The molecule has 9 heteroatoms. The molecular formula is C27H34N4O5. The minimum atomic E-state index is -1.05. The van der Waals surface area contributed by atoms with Gasteiger partial charge in [0.25, 0.3) is 0 Å². The van der Waals surface area contributed by atoms with Crippen LogP contribution in [0.25, 0.3) is 11.1 Å². The number of urea groups is 1. The second kappa shape index (κ2) is 13.9. The number of hydrogen-bond acceptors (Lipinski definition) is 4. The lowest BCUT2D eigenvalue weighted by atomic mass is 9.96. The summed E-state index contributed by atoms with van der Waals surface area (Å²) in [5.41, 5.74) is 2.67. The van der Waals surface area contributed by atoms with Gasteiger partial charge in [-0.3, -0.25) is 14.4 Å². The summed E-state index contributed by atoms with van der Waals surface area (Å²) in [5, 5.41) is 20.1. The van der Waals surface area contributed by atoms with E-state index in [1.807, 2.05) is 42.5 Å². The lowest BCUT2D eigenvalue weighted by Gasteiger charge is -2.22. The van der Waals surface area contributed by atoms with E-state index >= 15 is 0 Å². The lowest BCUT2D eigenvalue weighted by molar-refractivity contribution is -0.138. The maximum Gasteiger partial charge on any atom is 0.315 e. The zero-order valence-electron chi connectivity index (χ0n) is 20.3. The van der Waals surface area contributed by atoms with Crippen molar-refractivity contribution in [2.45, 2.75) is 57.0 Å². The van der Waals surface area contributed by atoms with Gasteiger partial charge in [-0.25, -0.2) is 4.79 Å². The van der Waals surface area contributed by atoms with Gasteiger partial charge in [0.15, 0.2) is 0 Å². The van der Waals surface area contributed by atoms with E-state index in [4.69, 9.17) is 0 Å². The summed E-state index contributed by atoms with van der Waals surface area (Å²) in [7, 11) is 0. The fourth-order valence-corrected chi connectivity index (χ4v) is 4.25. The Kier molecular flexibility index (Phi) is 10.3. The predicted molar refractivity (Wildman–Crippen MR) is 136 cm³/mol. The molecular weight excluding hydrogens is 460 g/mol. The highest BCUT2D eigenvalue weighted by Gasteiger charge is 2.19. The van der Waals surface area contributed by atoms with E-state index in [0.717, 1.165) is 36.8 Å². The monoisotopic (exact) mass is 494 g/mol. The number of nitrogens with one attached hydrogen (secondary N) is 4. The zero-order chi connectivity index (χ0) is 25.8. The fourth-order valence-electron chi connectivity index (χ4n) is 4.25. The number of carbonyl (C=O) groups is 4. The first-order chi connectivity index (χ1) is 17.4. The summed E-state index contributed by atoms with van der Waals surface area (Å²) >= 11 is 0. The van der Waals surface area contributed by atoms with Crippen LogP contribution in [-0.4, -0.2) is 48.1 Å². The predicted octanol–water partition coefficient (Wildman–Crippen LogP) is 3.12. The van der Waals surface area contributed by atoms with Crippen molar-refractivity contribution in [3.8, 4) is 11.1 Å². The fraction of sp³-hybridized carbons (Fsp3) is 0.407. The molecule has 192 valence electrons. The Bertz CT molecular complexity index is 1020. The van der Waals surface area contributed by atoms with E-state index in [2.05, 4.69) is 21.3 Å². The highest BCUT2D eigenvalue weighted by Crippen LogP contribution is 2.23. The number of carbonyl (C=O) groups excluding carboxylic acids is 3. The third kappa shape index (κ3) is 9.05. The first-order valence-electron chi connectivity index (χ1n) is 12.4. The minimum absolute atomic E-state index is 0.0326. The van der Waals surface area contributed by atoms with E-state index in [0.29, 0.717) is 5.56 Å². The Labute approximate surface area is 211 Å². The van der Waals surface area contributed by atoms with Crippen molar-refractivity contribution in [3.05, 3.63) is 60.2 Å². The molecule has 36 heavy (non-hydrogen) atoms. The standard InChI is InChI=1S/C27H34N4O5/c32-24(15-16-28-27(36)30-22-9-5-2-6-10-22)29-18-25(33)31-23(17-26(34)35)21-13-11-20(12-14-21)19-7-3-1-4-8-19/h1,3-4,7-8,11-14,22-23H,2,5-6,9-10,15-18H2,(H,29,32)(H,31,33)(H,34,35)(H2,28,30,36). The van der Waals surface area contributed by atoms with E-state index in [1.165, 1.54) is 6.42 Å². The SMILES string of the molecule is O=C(O)CC(NC(=O)CNC(=O)CCNC(=O)NC1CCCCC1)c1ccc(-c2ccccc2)cc1. The number of carboxylic acids is 1. The van der Waals surface area contributed by atoms with Gasteiger partial charge in [0.1, 0.15) is 0 Å². The largest absolute Gasteiger partial charge is 0.481 e. The molecule has 1 aliphatic rings. The normalized spacial score (nSPS) is 14.3. The zero-order valence-corrected chi connectivity index (χ0v) is 20.3. The van der Waals surface area contributed by atoms with Crippen LogP contribution in [-0.2, 0) is 14.4 Å². The van der Waals surface area contributed by atoms with Crippen molar-refractivity contribution in [2.24, 2.45) is 0 Å². The van der Waals surface area contributed by atoms with E-state index in [9.17, 15) is 24.3 Å².